The van der Waals surface area contributed by atoms with E-state index >= 15 is 0 Å². The van der Waals surface area contributed by atoms with Crippen LogP contribution in [0.15, 0.2) is 77.4 Å². The average molecular weight is 452 g/mol. The Hall–Kier alpha value is -2.86. The number of fused-ring (bicyclic) bond motifs is 2. The number of nitrogens with zero attached hydrogens (tertiary/aromatic N) is 3. The molecule has 7 heteroatoms. The first-order chi connectivity index (χ1) is 14.7. The molecule has 0 aliphatic carbocycles. The van der Waals surface area contributed by atoms with Crippen LogP contribution in [0.2, 0.25) is 10.0 Å². The largest absolute Gasteiger partial charge is 0.391 e. The Balaban J connectivity index is 1.49. The number of aromatic nitrogens is 2. The van der Waals surface area contributed by atoms with Crippen molar-refractivity contribution >= 4 is 56.5 Å². The lowest BCUT2D eigenvalue weighted by Crippen LogP contribution is -1.94. The lowest BCUT2D eigenvalue weighted by Gasteiger charge is -2.05. The standard InChI is InChI=1S/C23H15Cl2N3OS/c24-19-9-8-15(12-20(19)25)14-29-26-13-21-22(27-23-28(21)10-11-30-23)18-7-3-5-16-4-1-2-6-17(16)18/h1-13H,14H2/b26-13+. The second-order valence-corrected chi connectivity index (χ2v) is 8.37. The molecule has 0 fully saturated rings. The number of thiazole rings is 1. The van der Waals surface area contributed by atoms with Gasteiger partial charge in [0.25, 0.3) is 0 Å². The van der Waals surface area contributed by atoms with Gasteiger partial charge in [0.15, 0.2) is 4.96 Å². The van der Waals surface area contributed by atoms with E-state index in [2.05, 4.69) is 29.4 Å². The minimum atomic E-state index is 0.294. The SMILES string of the molecule is Clc1ccc(CO/N=C/c2c(-c3cccc4ccccc34)nc3sccn23)cc1Cl. The Morgan fingerprint density at radius 2 is 1.90 bits per heavy atom. The molecule has 2 heterocycles. The zero-order chi connectivity index (χ0) is 20.5. The van der Waals surface area contributed by atoms with Gasteiger partial charge in [-0.1, -0.05) is 76.9 Å². The van der Waals surface area contributed by atoms with Crippen LogP contribution in [0.4, 0.5) is 0 Å². The Morgan fingerprint density at radius 3 is 2.80 bits per heavy atom. The predicted molar refractivity (Wildman–Crippen MR) is 125 cm³/mol. The van der Waals surface area contributed by atoms with E-state index in [4.69, 9.17) is 33.0 Å². The number of halogens is 2. The van der Waals surface area contributed by atoms with E-state index in [1.807, 2.05) is 40.2 Å². The van der Waals surface area contributed by atoms with Gasteiger partial charge in [-0.05, 0) is 28.5 Å². The summed E-state index contributed by atoms with van der Waals surface area (Å²) in [5.74, 6) is 0. The van der Waals surface area contributed by atoms with Crippen molar-refractivity contribution in [2.24, 2.45) is 5.16 Å². The van der Waals surface area contributed by atoms with E-state index < -0.39 is 0 Å². The number of oxime groups is 1. The van der Waals surface area contributed by atoms with Gasteiger partial charge in [-0.3, -0.25) is 4.40 Å². The third-order valence-electron chi connectivity index (χ3n) is 4.81. The summed E-state index contributed by atoms with van der Waals surface area (Å²) in [6.07, 6.45) is 3.70. The number of rotatable bonds is 5. The second kappa shape index (κ2) is 8.11. The van der Waals surface area contributed by atoms with Gasteiger partial charge in [0, 0.05) is 17.1 Å². The third kappa shape index (κ3) is 3.56. The van der Waals surface area contributed by atoms with Crippen molar-refractivity contribution in [2.75, 3.05) is 0 Å². The molecule has 3 aromatic carbocycles. The molecule has 2 aromatic heterocycles. The number of hydrogen-bond donors (Lipinski definition) is 0. The predicted octanol–water partition coefficient (Wildman–Crippen LogP) is 7.07. The van der Waals surface area contributed by atoms with Gasteiger partial charge in [0.1, 0.15) is 6.61 Å². The summed E-state index contributed by atoms with van der Waals surface area (Å²) >= 11 is 13.6. The molecular weight excluding hydrogens is 437 g/mol. The van der Waals surface area contributed by atoms with Crippen molar-refractivity contribution in [1.82, 2.24) is 9.38 Å². The fourth-order valence-corrected chi connectivity index (χ4v) is 4.43. The Bertz CT molecular complexity index is 1380. The van der Waals surface area contributed by atoms with Gasteiger partial charge < -0.3 is 4.84 Å². The summed E-state index contributed by atoms with van der Waals surface area (Å²) in [6.45, 7) is 0.294. The van der Waals surface area contributed by atoms with Crippen molar-refractivity contribution in [1.29, 1.82) is 0 Å². The van der Waals surface area contributed by atoms with E-state index in [1.165, 1.54) is 5.39 Å². The lowest BCUT2D eigenvalue weighted by molar-refractivity contribution is 0.132. The van der Waals surface area contributed by atoms with Crippen molar-refractivity contribution < 1.29 is 4.84 Å². The first kappa shape index (κ1) is 19.1. The molecule has 0 saturated carbocycles. The molecule has 4 nitrogen and oxygen atoms in total. The summed E-state index contributed by atoms with van der Waals surface area (Å²) in [7, 11) is 0. The van der Waals surface area contributed by atoms with E-state index in [0.717, 1.165) is 32.9 Å². The van der Waals surface area contributed by atoms with Gasteiger partial charge in [0.2, 0.25) is 0 Å². The van der Waals surface area contributed by atoms with E-state index in [0.29, 0.717) is 16.7 Å². The van der Waals surface area contributed by atoms with E-state index in [-0.39, 0.29) is 0 Å². The first-order valence-corrected chi connectivity index (χ1v) is 10.9. The highest BCUT2D eigenvalue weighted by molar-refractivity contribution is 7.15. The van der Waals surface area contributed by atoms with Crippen LogP contribution in [0.1, 0.15) is 11.3 Å². The average Bonchev–Trinajstić information content (AvgIpc) is 3.35. The maximum absolute atomic E-state index is 6.06. The first-order valence-electron chi connectivity index (χ1n) is 9.23. The highest BCUT2D eigenvalue weighted by Crippen LogP contribution is 2.31. The quantitative estimate of drug-likeness (QED) is 0.211. The topological polar surface area (TPSA) is 38.9 Å². The molecule has 0 N–H and O–H groups in total. The molecule has 0 unspecified atom stereocenters. The zero-order valence-corrected chi connectivity index (χ0v) is 18.0. The monoisotopic (exact) mass is 451 g/mol. The molecule has 0 atom stereocenters. The van der Waals surface area contributed by atoms with Crippen molar-refractivity contribution in [3.8, 4) is 11.3 Å². The second-order valence-electron chi connectivity index (χ2n) is 6.68. The van der Waals surface area contributed by atoms with Crippen LogP contribution in [0.3, 0.4) is 0 Å². The highest BCUT2D eigenvalue weighted by atomic mass is 35.5. The van der Waals surface area contributed by atoms with Crippen LogP contribution < -0.4 is 0 Å². The molecule has 0 bridgehead atoms. The van der Waals surface area contributed by atoms with Crippen LogP contribution in [-0.4, -0.2) is 15.6 Å². The van der Waals surface area contributed by atoms with Crippen LogP contribution in [0.25, 0.3) is 27.0 Å². The van der Waals surface area contributed by atoms with Crippen LogP contribution in [-0.2, 0) is 11.4 Å². The fourth-order valence-electron chi connectivity index (χ4n) is 3.39. The van der Waals surface area contributed by atoms with E-state index in [1.54, 1.807) is 29.7 Å². The van der Waals surface area contributed by atoms with Gasteiger partial charge in [-0.25, -0.2) is 4.98 Å². The molecule has 0 amide bonds. The molecule has 5 rings (SSSR count). The summed E-state index contributed by atoms with van der Waals surface area (Å²) in [6, 6.07) is 19.9. The maximum Gasteiger partial charge on any atom is 0.194 e. The Kier molecular flexibility index (Phi) is 5.17. The summed E-state index contributed by atoms with van der Waals surface area (Å²) < 4.78 is 2.02. The molecule has 5 aromatic rings. The van der Waals surface area contributed by atoms with Crippen molar-refractivity contribution in [2.45, 2.75) is 6.61 Å². The minimum Gasteiger partial charge on any atom is -0.391 e. The van der Waals surface area contributed by atoms with Crippen LogP contribution in [0.5, 0.6) is 0 Å². The summed E-state index contributed by atoms with van der Waals surface area (Å²) in [5.41, 5.74) is 3.71. The minimum absolute atomic E-state index is 0.294. The molecule has 0 aliphatic heterocycles. The van der Waals surface area contributed by atoms with Gasteiger partial charge in [0.05, 0.1) is 27.6 Å². The molecule has 148 valence electrons. The number of hydrogen-bond acceptors (Lipinski definition) is 4. The Labute approximate surface area is 187 Å². The fraction of sp³-hybridized carbons (Fsp3) is 0.0435. The van der Waals surface area contributed by atoms with Gasteiger partial charge >= 0.3 is 0 Å². The summed E-state index contributed by atoms with van der Waals surface area (Å²) in [4.78, 5) is 11.3. The van der Waals surface area contributed by atoms with Crippen molar-refractivity contribution in [3.05, 3.63) is 93.5 Å². The van der Waals surface area contributed by atoms with Crippen LogP contribution in [0, 0.1) is 0 Å². The maximum atomic E-state index is 6.06. The van der Waals surface area contributed by atoms with Crippen molar-refractivity contribution in [3.63, 3.8) is 0 Å². The Morgan fingerprint density at radius 1 is 1.03 bits per heavy atom. The molecule has 0 spiro atoms. The van der Waals surface area contributed by atoms with Gasteiger partial charge in [-0.15, -0.1) is 11.3 Å². The highest BCUT2D eigenvalue weighted by Gasteiger charge is 2.15. The molecule has 0 saturated heterocycles. The molecular formula is C23H15Cl2N3OS. The smallest absolute Gasteiger partial charge is 0.194 e. The van der Waals surface area contributed by atoms with Crippen LogP contribution >= 0.6 is 34.5 Å². The molecule has 0 radical (unpaired) electrons. The number of benzene rings is 3. The third-order valence-corrected chi connectivity index (χ3v) is 6.30. The lowest BCUT2D eigenvalue weighted by atomic mass is 10.0. The molecule has 0 aliphatic rings. The number of imidazole rings is 1. The zero-order valence-electron chi connectivity index (χ0n) is 15.6. The normalized spacial score (nSPS) is 11.7. The summed E-state index contributed by atoms with van der Waals surface area (Å²) in [5, 5.41) is 9.54. The molecule has 30 heavy (non-hydrogen) atoms. The van der Waals surface area contributed by atoms with Gasteiger partial charge in [-0.2, -0.15) is 0 Å². The van der Waals surface area contributed by atoms with E-state index in [9.17, 15) is 0 Å².